The number of carbonyl (C=O) groups excluding carboxylic acids is 1. The number of hydrogen-bond acceptors (Lipinski definition) is 3. The van der Waals surface area contributed by atoms with E-state index >= 15 is 0 Å². The number of likely N-dealkylation sites (tertiary alicyclic amines) is 1. The van der Waals surface area contributed by atoms with E-state index in [-0.39, 0.29) is 11.9 Å². The van der Waals surface area contributed by atoms with Gasteiger partial charge in [0, 0.05) is 11.7 Å². The van der Waals surface area contributed by atoms with Crippen LogP contribution in [-0.4, -0.2) is 43.0 Å². The number of anilines is 1. The van der Waals surface area contributed by atoms with Gasteiger partial charge >= 0.3 is 0 Å². The van der Waals surface area contributed by atoms with Crippen molar-refractivity contribution < 1.29 is 4.79 Å². The third kappa shape index (κ3) is 2.97. The van der Waals surface area contributed by atoms with Crippen LogP contribution in [0.4, 0.5) is 5.69 Å². The summed E-state index contributed by atoms with van der Waals surface area (Å²) in [6.07, 6.45) is 3.21. The van der Waals surface area contributed by atoms with Gasteiger partial charge in [0.25, 0.3) is 0 Å². The summed E-state index contributed by atoms with van der Waals surface area (Å²) in [5.74, 6) is 0.876. The van der Waals surface area contributed by atoms with E-state index in [9.17, 15) is 4.79 Å². The Labute approximate surface area is 126 Å². The molecule has 2 heterocycles. The first-order valence-corrected chi connectivity index (χ1v) is 8.01. The highest BCUT2D eigenvalue weighted by Gasteiger charge is 2.31. The number of hydrogen-bond donors (Lipinski definition) is 1. The van der Waals surface area contributed by atoms with Crippen LogP contribution in [0.15, 0.2) is 24.3 Å². The molecule has 1 unspecified atom stereocenters. The van der Waals surface area contributed by atoms with Gasteiger partial charge < -0.3 is 10.6 Å². The highest BCUT2D eigenvalue weighted by Crippen LogP contribution is 2.32. The van der Waals surface area contributed by atoms with Gasteiger partial charge in [0.15, 0.2) is 0 Å². The van der Waals surface area contributed by atoms with Crippen molar-refractivity contribution in [1.82, 2.24) is 4.90 Å². The maximum Gasteiger partial charge on any atom is 0.241 e. The number of fused-ring (bicyclic) bond motifs is 1. The maximum atomic E-state index is 12.7. The molecule has 4 nitrogen and oxygen atoms in total. The molecule has 1 aromatic rings. The Morgan fingerprint density at radius 3 is 2.71 bits per heavy atom. The average molecular weight is 287 g/mol. The van der Waals surface area contributed by atoms with Gasteiger partial charge in [-0.25, -0.2) is 0 Å². The molecule has 1 saturated heterocycles. The number of benzene rings is 1. The standard InChI is InChI=1S/C17H25N3O/c1-13-10-15-4-2-3-5-16(15)20(13)17(21)12-19-8-6-14(11-18)7-9-19/h2-5,13-14H,6-12,18H2,1H3. The zero-order valence-electron chi connectivity index (χ0n) is 12.8. The van der Waals surface area contributed by atoms with Gasteiger partial charge in [-0.15, -0.1) is 0 Å². The molecule has 1 amide bonds. The van der Waals surface area contributed by atoms with E-state index in [4.69, 9.17) is 5.73 Å². The first kappa shape index (κ1) is 14.5. The van der Waals surface area contributed by atoms with Crippen LogP contribution in [-0.2, 0) is 11.2 Å². The summed E-state index contributed by atoms with van der Waals surface area (Å²) in [7, 11) is 0. The van der Waals surface area contributed by atoms with E-state index in [0.717, 1.165) is 44.6 Å². The highest BCUT2D eigenvalue weighted by atomic mass is 16.2. The molecule has 2 aliphatic rings. The number of amides is 1. The molecule has 0 bridgehead atoms. The van der Waals surface area contributed by atoms with Gasteiger partial charge in [0.1, 0.15) is 0 Å². The Morgan fingerprint density at radius 1 is 1.29 bits per heavy atom. The molecule has 0 aliphatic carbocycles. The van der Waals surface area contributed by atoms with Crippen molar-refractivity contribution in [3.05, 3.63) is 29.8 Å². The van der Waals surface area contributed by atoms with Crippen LogP contribution >= 0.6 is 0 Å². The second kappa shape index (κ2) is 6.16. The van der Waals surface area contributed by atoms with Gasteiger partial charge in [0.2, 0.25) is 5.91 Å². The monoisotopic (exact) mass is 287 g/mol. The minimum Gasteiger partial charge on any atom is -0.330 e. The molecule has 21 heavy (non-hydrogen) atoms. The SMILES string of the molecule is CC1Cc2ccccc2N1C(=O)CN1CCC(CN)CC1. The zero-order chi connectivity index (χ0) is 14.8. The first-order valence-electron chi connectivity index (χ1n) is 8.01. The van der Waals surface area contributed by atoms with Crippen LogP contribution in [0.25, 0.3) is 0 Å². The van der Waals surface area contributed by atoms with E-state index in [1.54, 1.807) is 0 Å². The molecule has 2 N–H and O–H groups in total. The fourth-order valence-electron chi connectivity index (χ4n) is 3.59. The number of para-hydroxylation sites is 1. The van der Waals surface area contributed by atoms with E-state index in [1.165, 1.54) is 5.56 Å². The van der Waals surface area contributed by atoms with Crippen LogP contribution in [0.1, 0.15) is 25.3 Å². The smallest absolute Gasteiger partial charge is 0.241 e. The molecule has 0 radical (unpaired) electrons. The number of nitrogens with zero attached hydrogens (tertiary/aromatic N) is 2. The number of rotatable bonds is 3. The van der Waals surface area contributed by atoms with Crippen LogP contribution in [0.5, 0.6) is 0 Å². The Morgan fingerprint density at radius 2 is 2.00 bits per heavy atom. The first-order chi connectivity index (χ1) is 10.2. The van der Waals surface area contributed by atoms with Crippen molar-refractivity contribution in [2.75, 3.05) is 31.1 Å². The summed E-state index contributed by atoms with van der Waals surface area (Å²) in [6.45, 7) is 5.45. The fraction of sp³-hybridized carbons (Fsp3) is 0.588. The summed E-state index contributed by atoms with van der Waals surface area (Å²) in [4.78, 5) is 17.0. The van der Waals surface area contributed by atoms with Crippen molar-refractivity contribution in [2.45, 2.75) is 32.2 Å². The van der Waals surface area contributed by atoms with Gasteiger partial charge in [-0.05, 0) is 63.4 Å². The van der Waals surface area contributed by atoms with Gasteiger partial charge in [-0.1, -0.05) is 18.2 Å². The molecule has 3 rings (SSSR count). The summed E-state index contributed by atoms with van der Waals surface area (Å²) in [5, 5.41) is 0. The van der Waals surface area contributed by atoms with Gasteiger partial charge in [-0.3, -0.25) is 9.69 Å². The Bertz CT molecular complexity index is 509. The third-order valence-electron chi connectivity index (χ3n) is 4.88. The molecule has 0 spiro atoms. The van der Waals surface area contributed by atoms with Crippen LogP contribution in [0.3, 0.4) is 0 Å². The third-order valence-corrected chi connectivity index (χ3v) is 4.88. The van der Waals surface area contributed by atoms with Crippen molar-refractivity contribution in [2.24, 2.45) is 11.7 Å². The average Bonchev–Trinajstić information content (AvgIpc) is 2.83. The van der Waals surface area contributed by atoms with Crippen molar-refractivity contribution in [1.29, 1.82) is 0 Å². The predicted octanol–water partition coefficient (Wildman–Crippen LogP) is 1.63. The van der Waals surface area contributed by atoms with Crippen molar-refractivity contribution in [3.63, 3.8) is 0 Å². The molecule has 0 saturated carbocycles. The quantitative estimate of drug-likeness (QED) is 0.919. The Hall–Kier alpha value is -1.39. The lowest BCUT2D eigenvalue weighted by atomic mass is 9.97. The number of nitrogens with two attached hydrogens (primary N) is 1. The molecule has 1 fully saturated rings. The van der Waals surface area contributed by atoms with Gasteiger partial charge in [0.05, 0.1) is 6.54 Å². The molecule has 2 aliphatic heterocycles. The molecule has 4 heteroatoms. The molecule has 1 aromatic carbocycles. The lowest BCUT2D eigenvalue weighted by Crippen LogP contribution is -2.46. The van der Waals surface area contributed by atoms with E-state index in [2.05, 4.69) is 30.0 Å². The van der Waals surface area contributed by atoms with Crippen molar-refractivity contribution >= 4 is 11.6 Å². The zero-order valence-corrected chi connectivity index (χ0v) is 12.8. The topological polar surface area (TPSA) is 49.6 Å². The summed E-state index contributed by atoms with van der Waals surface area (Å²) >= 11 is 0. The predicted molar refractivity (Wildman–Crippen MR) is 85.3 cm³/mol. The second-order valence-corrected chi connectivity index (χ2v) is 6.40. The minimum atomic E-state index is 0.235. The minimum absolute atomic E-state index is 0.235. The highest BCUT2D eigenvalue weighted by molar-refractivity contribution is 5.97. The lowest BCUT2D eigenvalue weighted by molar-refractivity contribution is -0.120. The van der Waals surface area contributed by atoms with Crippen molar-refractivity contribution in [3.8, 4) is 0 Å². The largest absolute Gasteiger partial charge is 0.330 e. The Kier molecular flexibility index (Phi) is 4.27. The summed E-state index contributed by atoms with van der Waals surface area (Å²) in [5.41, 5.74) is 8.12. The molecule has 0 aromatic heterocycles. The van der Waals surface area contributed by atoms with E-state index in [1.807, 2.05) is 11.0 Å². The van der Waals surface area contributed by atoms with Gasteiger partial charge in [-0.2, -0.15) is 0 Å². The van der Waals surface area contributed by atoms with Crippen LogP contribution in [0, 0.1) is 5.92 Å². The molecular weight excluding hydrogens is 262 g/mol. The lowest BCUT2D eigenvalue weighted by Gasteiger charge is -2.32. The normalized spacial score (nSPS) is 23.3. The summed E-state index contributed by atoms with van der Waals surface area (Å²) in [6, 6.07) is 8.54. The fourth-order valence-corrected chi connectivity index (χ4v) is 3.59. The maximum absolute atomic E-state index is 12.7. The molecule has 1 atom stereocenters. The number of carbonyl (C=O) groups is 1. The van der Waals surface area contributed by atoms with Crippen LogP contribution in [0.2, 0.25) is 0 Å². The van der Waals surface area contributed by atoms with E-state index in [0.29, 0.717) is 12.5 Å². The van der Waals surface area contributed by atoms with E-state index < -0.39 is 0 Å². The number of piperidine rings is 1. The second-order valence-electron chi connectivity index (χ2n) is 6.40. The molecular formula is C17H25N3O. The Balaban J connectivity index is 1.64. The van der Waals surface area contributed by atoms with Crippen LogP contribution < -0.4 is 10.6 Å². The summed E-state index contributed by atoms with van der Waals surface area (Å²) < 4.78 is 0. The molecule has 114 valence electrons.